The molecule has 0 atom stereocenters. The predicted octanol–water partition coefficient (Wildman–Crippen LogP) is 3.29. The minimum atomic E-state index is -1.12. The number of nitrogens with two attached hydrogens (primary N) is 2. The number of benzene rings is 3. The Labute approximate surface area is 204 Å². The molecule has 0 saturated carbocycles. The minimum Gasteiger partial charge on any atom is -0.478 e. The average molecular weight is 497 g/mol. The molecule has 188 valence electrons. The lowest BCUT2D eigenvalue weighted by molar-refractivity contribution is -0.384. The number of hydrogen-bond acceptors (Lipinski definition) is 9. The Morgan fingerprint density at radius 3 is 2.14 bits per heavy atom. The number of primary amides is 1. The van der Waals surface area contributed by atoms with Crippen LogP contribution in [-0.4, -0.2) is 40.0 Å². The Morgan fingerprint density at radius 2 is 1.56 bits per heavy atom. The number of nitro benzene ring substituents is 2. The van der Waals surface area contributed by atoms with Crippen LogP contribution in [-0.2, 0) is 0 Å². The number of aromatic carboxylic acids is 1. The molecule has 0 radical (unpaired) electrons. The topological polar surface area (TPSA) is 229 Å². The number of nitrogens with one attached hydrogen (secondary N) is 3. The first-order chi connectivity index (χ1) is 17.1. The number of carbonyl (C=O) groups is 2. The van der Waals surface area contributed by atoms with E-state index in [1.165, 1.54) is 42.5 Å². The summed E-state index contributed by atoms with van der Waals surface area (Å²) in [6.45, 7) is 0.896. The molecule has 36 heavy (non-hydrogen) atoms. The lowest BCUT2D eigenvalue weighted by Gasteiger charge is -2.10. The van der Waals surface area contributed by atoms with Crippen LogP contribution in [0.2, 0.25) is 0 Å². The number of non-ortho nitro benzene ring substituents is 1. The molecule has 0 bridgehead atoms. The fourth-order valence-electron chi connectivity index (χ4n) is 2.82. The predicted molar refractivity (Wildman–Crippen MR) is 133 cm³/mol. The standard InChI is InChI=1S/C13H11N3O4.C9H12N4O3/c14-8-5-6-11(12(7-8)16(19)20)15-10-4-2-1-3-9(10)13(17)18;10-9(14)12-6-5-11-7-1-3-8(4-2-7)13(15)16/h1-7,15H,14H2,(H,17,18);1-4,11H,5-6H2,(H3,10,12,14). The van der Waals surface area contributed by atoms with Gasteiger partial charge in [-0.05, 0) is 36.4 Å². The number of hydrogen-bond donors (Lipinski definition) is 6. The van der Waals surface area contributed by atoms with E-state index < -0.39 is 21.8 Å². The number of carboxylic acids is 1. The summed E-state index contributed by atoms with van der Waals surface area (Å²) in [5.74, 6) is -1.12. The fraction of sp³-hybridized carbons (Fsp3) is 0.0909. The van der Waals surface area contributed by atoms with Crippen LogP contribution in [0.3, 0.4) is 0 Å². The zero-order valence-electron chi connectivity index (χ0n) is 18.7. The zero-order valence-corrected chi connectivity index (χ0v) is 18.7. The highest BCUT2D eigenvalue weighted by Crippen LogP contribution is 2.30. The van der Waals surface area contributed by atoms with E-state index in [0.717, 1.165) is 5.69 Å². The molecule has 0 spiro atoms. The summed E-state index contributed by atoms with van der Waals surface area (Å²) < 4.78 is 0. The lowest BCUT2D eigenvalue weighted by Crippen LogP contribution is -2.33. The van der Waals surface area contributed by atoms with Crippen molar-refractivity contribution in [1.29, 1.82) is 0 Å². The third-order valence-corrected chi connectivity index (χ3v) is 4.48. The maximum Gasteiger partial charge on any atom is 0.337 e. The number of carboxylic acid groups (broad SMARTS) is 1. The van der Waals surface area contributed by atoms with Gasteiger partial charge in [0.2, 0.25) is 0 Å². The zero-order chi connectivity index (χ0) is 26.7. The molecule has 14 nitrogen and oxygen atoms in total. The van der Waals surface area contributed by atoms with Gasteiger partial charge in [0.05, 0.1) is 21.1 Å². The van der Waals surface area contributed by atoms with Crippen molar-refractivity contribution in [1.82, 2.24) is 5.32 Å². The van der Waals surface area contributed by atoms with Gasteiger partial charge in [-0.1, -0.05) is 12.1 Å². The second kappa shape index (κ2) is 12.7. The van der Waals surface area contributed by atoms with Crippen LogP contribution in [0.25, 0.3) is 0 Å². The summed E-state index contributed by atoms with van der Waals surface area (Å²) in [5.41, 5.74) is 11.7. The Balaban J connectivity index is 0.000000261. The van der Waals surface area contributed by atoms with E-state index in [1.807, 2.05) is 0 Å². The summed E-state index contributed by atoms with van der Waals surface area (Å²) in [7, 11) is 0. The van der Waals surface area contributed by atoms with E-state index in [0.29, 0.717) is 13.1 Å². The molecule has 14 heteroatoms. The highest BCUT2D eigenvalue weighted by atomic mass is 16.6. The smallest absolute Gasteiger partial charge is 0.337 e. The average Bonchev–Trinajstić information content (AvgIpc) is 2.83. The quantitative estimate of drug-likeness (QED) is 0.109. The molecule has 0 unspecified atom stereocenters. The van der Waals surface area contributed by atoms with Gasteiger partial charge in [0.25, 0.3) is 11.4 Å². The van der Waals surface area contributed by atoms with Gasteiger partial charge in [-0.3, -0.25) is 20.2 Å². The number of anilines is 4. The number of nitrogen functional groups attached to an aromatic ring is 1. The minimum absolute atomic E-state index is 0.0265. The lowest BCUT2D eigenvalue weighted by atomic mass is 10.1. The van der Waals surface area contributed by atoms with Gasteiger partial charge in [0.15, 0.2) is 0 Å². The van der Waals surface area contributed by atoms with Crippen LogP contribution >= 0.6 is 0 Å². The number of rotatable bonds is 9. The molecule has 3 aromatic carbocycles. The Morgan fingerprint density at radius 1 is 0.889 bits per heavy atom. The first-order valence-corrected chi connectivity index (χ1v) is 10.2. The van der Waals surface area contributed by atoms with Crippen LogP contribution in [0.5, 0.6) is 0 Å². The van der Waals surface area contributed by atoms with Gasteiger partial charge in [-0.15, -0.1) is 0 Å². The van der Waals surface area contributed by atoms with Gasteiger partial charge in [-0.25, -0.2) is 9.59 Å². The number of nitrogens with zero attached hydrogens (tertiary/aromatic N) is 2. The molecule has 0 fully saturated rings. The first-order valence-electron chi connectivity index (χ1n) is 10.2. The summed E-state index contributed by atoms with van der Waals surface area (Å²) in [6, 6.07) is 15.7. The highest BCUT2D eigenvalue weighted by molar-refractivity contribution is 5.95. The van der Waals surface area contributed by atoms with E-state index in [4.69, 9.17) is 16.6 Å². The van der Waals surface area contributed by atoms with Crippen molar-refractivity contribution in [2.45, 2.75) is 0 Å². The molecule has 8 N–H and O–H groups in total. The summed E-state index contributed by atoms with van der Waals surface area (Å²) in [4.78, 5) is 41.7. The molecular weight excluding hydrogens is 474 g/mol. The molecule has 0 aliphatic rings. The van der Waals surface area contributed by atoms with E-state index in [1.54, 1.807) is 24.3 Å². The number of carbonyl (C=O) groups excluding carboxylic acids is 1. The summed E-state index contributed by atoms with van der Waals surface area (Å²) in [5, 5.41) is 38.6. The van der Waals surface area contributed by atoms with Crippen molar-refractivity contribution in [3.63, 3.8) is 0 Å². The van der Waals surface area contributed by atoms with E-state index in [2.05, 4.69) is 16.0 Å². The van der Waals surface area contributed by atoms with Crippen molar-refractivity contribution < 1.29 is 24.5 Å². The Hall–Kier alpha value is -5.40. The van der Waals surface area contributed by atoms with E-state index in [-0.39, 0.29) is 34.0 Å². The van der Waals surface area contributed by atoms with E-state index >= 15 is 0 Å². The number of urea groups is 1. The van der Waals surface area contributed by atoms with Crippen LogP contribution < -0.4 is 27.4 Å². The molecule has 3 rings (SSSR count). The molecule has 0 heterocycles. The van der Waals surface area contributed by atoms with Crippen molar-refractivity contribution in [2.75, 3.05) is 29.5 Å². The van der Waals surface area contributed by atoms with Crippen LogP contribution in [0.4, 0.5) is 38.9 Å². The maximum atomic E-state index is 11.1. The van der Waals surface area contributed by atoms with Crippen molar-refractivity contribution in [3.05, 3.63) is 92.5 Å². The van der Waals surface area contributed by atoms with Crippen LogP contribution in [0, 0.1) is 20.2 Å². The van der Waals surface area contributed by atoms with E-state index in [9.17, 15) is 29.8 Å². The van der Waals surface area contributed by atoms with Gasteiger partial charge in [-0.2, -0.15) is 0 Å². The maximum absolute atomic E-state index is 11.1. The van der Waals surface area contributed by atoms with Crippen LogP contribution in [0.15, 0.2) is 66.7 Å². The largest absolute Gasteiger partial charge is 0.478 e. The van der Waals surface area contributed by atoms with Gasteiger partial charge < -0.3 is 32.5 Å². The molecule has 0 aliphatic heterocycles. The summed E-state index contributed by atoms with van der Waals surface area (Å²) in [6.07, 6.45) is 0. The second-order valence-corrected chi connectivity index (χ2v) is 7.03. The normalized spacial score (nSPS) is 9.78. The highest BCUT2D eigenvalue weighted by Gasteiger charge is 2.16. The van der Waals surface area contributed by atoms with Crippen molar-refractivity contribution >= 4 is 46.1 Å². The third kappa shape index (κ3) is 8.18. The summed E-state index contributed by atoms with van der Waals surface area (Å²) >= 11 is 0. The molecular formula is C22H23N7O7. The second-order valence-electron chi connectivity index (χ2n) is 7.03. The van der Waals surface area contributed by atoms with Gasteiger partial charge in [0, 0.05) is 42.7 Å². The van der Waals surface area contributed by atoms with Crippen molar-refractivity contribution in [2.24, 2.45) is 5.73 Å². The number of amides is 2. The van der Waals surface area contributed by atoms with Crippen molar-refractivity contribution in [3.8, 4) is 0 Å². The Bertz CT molecular complexity index is 1250. The third-order valence-electron chi connectivity index (χ3n) is 4.48. The number of nitro groups is 2. The number of para-hydroxylation sites is 1. The van der Waals surface area contributed by atoms with Gasteiger partial charge in [0.1, 0.15) is 5.69 Å². The SMILES string of the molecule is NC(=O)NCCNc1ccc([N+](=O)[O-])cc1.Nc1ccc(Nc2ccccc2C(=O)O)c([N+](=O)[O-])c1. The van der Waals surface area contributed by atoms with Crippen LogP contribution in [0.1, 0.15) is 10.4 Å². The molecule has 0 aromatic heterocycles. The molecule has 2 amide bonds. The Kier molecular flexibility index (Phi) is 9.50. The molecule has 0 aliphatic carbocycles. The van der Waals surface area contributed by atoms with Gasteiger partial charge >= 0.3 is 12.0 Å². The fourth-order valence-corrected chi connectivity index (χ4v) is 2.82. The molecule has 3 aromatic rings. The molecule has 0 saturated heterocycles. The first kappa shape index (κ1) is 26.8. The monoisotopic (exact) mass is 497 g/mol.